The van der Waals surface area contributed by atoms with Crippen LogP contribution in [0.15, 0.2) is 48.5 Å². The largest absolute Gasteiger partial charge is 0.355 e. The van der Waals surface area contributed by atoms with Crippen molar-refractivity contribution in [2.45, 2.75) is 13.3 Å². The maximum atomic E-state index is 7.61. The number of nitrogens with one attached hydrogen (secondary N) is 3. The smallest absolute Gasteiger partial charge is 0.192 e. The molecule has 21 heavy (non-hydrogen) atoms. The second kappa shape index (κ2) is 7.84. The van der Waals surface area contributed by atoms with Gasteiger partial charge in [-0.05, 0) is 41.3 Å². The van der Waals surface area contributed by atoms with Crippen molar-refractivity contribution < 1.29 is 0 Å². The minimum Gasteiger partial charge on any atom is -0.355 e. The molecule has 0 aliphatic heterocycles. The quantitative estimate of drug-likeness (QED) is 0.376. The molecule has 4 heteroatoms. The molecule has 110 valence electrons. The molecule has 1 aromatic carbocycles. The Labute approximate surface area is 134 Å². The van der Waals surface area contributed by atoms with Crippen LogP contribution < -0.4 is 10.6 Å². The highest BCUT2D eigenvalue weighted by molar-refractivity contribution is 9.09. The maximum Gasteiger partial charge on any atom is 0.192 e. The van der Waals surface area contributed by atoms with Gasteiger partial charge in [-0.25, -0.2) is 0 Å². The molecule has 0 heterocycles. The number of hydrogen-bond acceptors (Lipinski definition) is 1. The second-order valence-electron chi connectivity index (χ2n) is 4.75. The monoisotopic (exact) mass is 345 g/mol. The van der Waals surface area contributed by atoms with Gasteiger partial charge >= 0.3 is 0 Å². The molecule has 0 unspecified atom stereocenters. The number of aryl methyl sites for hydroxylation is 1. The normalized spacial score (nSPS) is 10.2. The van der Waals surface area contributed by atoms with Gasteiger partial charge in [0, 0.05) is 17.6 Å². The molecule has 0 fully saturated rings. The average molecular weight is 346 g/mol. The number of hydrogen-bond donors (Lipinski definition) is 3. The van der Waals surface area contributed by atoms with Crippen LogP contribution in [0.2, 0.25) is 0 Å². The van der Waals surface area contributed by atoms with Gasteiger partial charge in [0.05, 0.1) is 0 Å². The first kappa shape index (κ1) is 15.6. The van der Waals surface area contributed by atoms with Gasteiger partial charge in [0.1, 0.15) is 0 Å². The first-order valence-electron chi connectivity index (χ1n) is 7.07. The first-order chi connectivity index (χ1) is 10.2. The number of guanidine groups is 1. The Morgan fingerprint density at radius 2 is 1.81 bits per heavy atom. The standard InChI is InChI=1S/C11H16BrN3.C6H4/c1-2-9-4-3-5-10(8-9)15-11(13)14-7-6-12;1-2-5-4-6(5)3-1/h3-5,8H,2,6-7H2,1H3,(H3,13,14,15);1-4H. The highest BCUT2D eigenvalue weighted by Gasteiger charge is 2.07. The Morgan fingerprint density at radius 1 is 1.10 bits per heavy atom. The third-order valence-electron chi connectivity index (χ3n) is 3.11. The van der Waals surface area contributed by atoms with Crippen molar-refractivity contribution in [2.24, 2.45) is 0 Å². The molecule has 3 rings (SSSR count). The fourth-order valence-corrected chi connectivity index (χ4v) is 2.10. The molecule has 0 saturated carbocycles. The summed E-state index contributed by atoms with van der Waals surface area (Å²) in [6.07, 6.45) is 1.01. The number of benzene rings is 2. The van der Waals surface area contributed by atoms with Gasteiger partial charge in [-0.1, -0.05) is 53.2 Å². The molecule has 2 aliphatic rings. The maximum absolute atomic E-state index is 7.61. The second-order valence-corrected chi connectivity index (χ2v) is 5.54. The van der Waals surface area contributed by atoms with E-state index < -0.39 is 0 Å². The summed E-state index contributed by atoms with van der Waals surface area (Å²) in [5.74, 6) is 0.336. The molecule has 0 spiro atoms. The Hall–Kier alpha value is -1.81. The van der Waals surface area contributed by atoms with E-state index in [1.807, 2.05) is 12.1 Å². The van der Waals surface area contributed by atoms with E-state index in [4.69, 9.17) is 5.41 Å². The van der Waals surface area contributed by atoms with Crippen molar-refractivity contribution >= 4 is 27.6 Å². The Bertz CT molecular complexity index is 593. The summed E-state index contributed by atoms with van der Waals surface area (Å²) in [6.45, 7) is 2.87. The van der Waals surface area contributed by atoms with Crippen LogP contribution in [0.5, 0.6) is 0 Å². The van der Waals surface area contributed by atoms with Crippen LogP contribution in [0.1, 0.15) is 12.5 Å². The fourth-order valence-electron chi connectivity index (χ4n) is 1.91. The zero-order valence-electron chi connectivity index (χ0n) is 12.1. The van der Waals surface area contributed by atoms with Crippen LogP contribution in [0.25, 0.3) is 11.1 Å². The molecule has 0 radical (unpaired) electrons. The Morgan fingerprint density at radius 3 is 2.33 bits per heavy atom. The highest BCUT2D eigenvalue weighted by Crippen LogP contribution is 2.32. The first-order valence-corrected chi connectivity index (χ1v) is 8.20. The number of halogens is 1. The van der Waals surface area contributed by atoms with Crippen molar-refractivity contribution in [3.8, 4) is 11.1 Å². The minimum atomic E-state index is 0.336. The summed E-state index contributed by atoms with van der Waals surface area (Å²) in [6, 6.07) is 16.6. The molecule has 0 saturated heterocycles. The lowest BCUT2D eigenvalue weighted by atomic mass is 10.1. The van der Waals surface area contributed by atoms with E-state index in [9.17, 15) is 0 Å². The van der Waals surface area contributed by atoms with Crippen LogP contribution in [-0.2, 0) is 6.42 Å². The number of anilines is 1. The molecule has 3 N–H and O–H groups in total. The van der Waals surface area contributed by atoms with Crippen LogP contribution >= 0.6 is 15.9 Å². The third-order valence-corrected chi connectivity index (χ3v) is 3.51. The molecule has 0 atom stereocenters. The summed E-state index contributed by atoms with van der Waals surface area (Å²) in [4.78, 5) is 0. The van der Waals surface area contributed by atoms with Crippen LogP contribution in [0.3, 0.4) is 0 Å². The van der Waals surface area contributed by atoms with Gasteiger partial charge in [0.15, 0.2) is 5.96 Å². The number of alkyl halides is 1. The van der Waals surface area contributed by atoms with Crippen LogP contribution in [0, 0.1) is 5.41 Å². The molecule has 3 nitrogen and oxygen atoms in total. The summed E-state index contributed by atoms with van der Waals surface area (Å²) in [5.41, 5.74) is 5.08. The predicted octanol–water partition coefficient (Wildman–Crippen LogP) is 4.25. The third kappa shape index (κ3) is 5.23. The zero-order chi connectivity index (χ0) is 15.1. The van der Waals surface area contributed by atoms with E-state index in [2.05, 4.69) is 69.9 Å². The lowest BCUT2D eigenvalue weighted by molar-refractivity contribution is 0.969. The Balaban J connectivity index is 0.000000218. The van der Waals surface area contributed by atoms with Crippen molar-refractivity contribution in [1.29, 1.82) is 5.41 Å². The van der Waals surface area contributed by atoms with Gasteiger partial charge in [0.25, 0.3) is 0 Å². The summed E-state index contributed by atoms with van der Waals surface area (Å²) in [7, 11) is 0. The minimum absolute atomic E-state index is 0.336. The Kier molecular flexibility index (Phi) is 5.81. The average Bonchev–Trinajstić information content (AvgIpc) is 3.11. The predicted molar refractivity (Wildman–Crippen MR) is 94.4 cm³/mol. The summed E-state index contributed by atoms with van der Waals surface area (Å²) < 4.78 is 0. The van der Waals surface area contributed by atoms with E-state index in [-0.39, 0.29) is 0 Å². The van der Waals surface area contributed by atoms with Gasteiger partial charge in [-0.15, -0.1) is 0 Å². The van der Waals surface area contributed by atoms with Gasteiger partial charge in [0.2, 0.25) is 0 Å². The van der Waals surface area contributed by atoms with Gasteiger partial charge < -0.3 is 10.6 Å². The molecule has 0 amide bonds. The molecule has 2 aliphatic carbocycles. The van der Waals surface area contributed by atoms with Crippen molar-refractivity contribution in [3.63, 3.8) is 0 Å². The van der Waals surface area contributed by atoms with E-state index >= 15 is 0 Å². The van der Waals surface area contributed by atoms with E-state index in [0.29, 0.717) is 5.96 Å². The van der Waals surface area contributed by atoms with Crippen LogP contribution in [-0.4, -0.2) is 17.8 Å². The lowest BCUT2D eigenvalue weighted by Crippen LogP contribution is -2.30. The number of rotatable bonds is 4. The molecule has 0 bridgehead atoms. The number of fused-ring (bicyclic) bond motifs is 1. The zero-order valence-corrected chi connectivity index (χ0v) is 13.7. The summed E-state index contributed by atoms with van der Waals surface area (Å²) >= 11 is 3.30. The summed E-state index contributed by atoms with van der Waals surface area (Å²) in [5, 5.41) is 14.4. The van der Waals surface area contributed by atoms with E-state index in [1.165, 1.54) is 16.7 Å². The van der Waals surface area contributed by atoms with Gasteiger partial charge in [-0.2, -0.15) is 0 Å². The fraction of sp³-hybridized carbons (Fsp3) is 0.235. The molecular formula is C17H20BrN3. The van der Waals surface area contributed by atoms with Crippen LogP contribution in [0.4, 0.5) is 5.69 Å². The molecular weight excluding hydrogens is 326 g/mol. The lowest BCUT2D eigenvalue weighted by Gasteiger charge is -2.09. The van der Waals surface area contributed by atoms with Crippen molar-refractivity contribution in [1.82, 2.24) is 5.32 Å². The SMILES string of the molecule is CCc1cccc(NC(=N)NCCBr)c1.c1cc2cc-2c1. The van der Waals surface area contributed by atoms with E-state index in [1.54, 1.807) is 0 Å². The topological polar surface area (TPSA) is 47.9 Å². The van der Waals surface area contributed by atoms with Crippen molar-refractivity contribution in [2.75, 3.05) is 17.2 Å². The molecule has 1 aromatic rings. The van der Waals surface area contributed by atoms with Crippen molar-refractivity contribution in [3.05, 3.63) is 54.1 Å². The molecule has 0 aromatic heterocycles. The van der Waals surface area contributed by atoms with E-state index in [0.717, 1.165) is 24.0 Å². The highest BCUT2D eigenvalue weighted by atomic mass is 79.9. The van der Waals surface area contributed by atoms with Gasteiger partial charge in [-0.3, -0.25) is 5.41 Å².